The van der Waals surface area contributed by atoms with Crippen molar-refractivity contribution in [3.63, 3.8) is 0 Å². The van der Waals surface area contributed by atoms with Gasteiger partial charge in [-0.3, -0.25) is 14.9 Å². The van der Waals surface area contributed by atoms with Crippen LogP contribution in [0.4, 0.5) is 5.69 Å². The van der Waals surface area contributed by atoms with Gasteiger partial charge < -0.3 is 5.32 Å². The van der Waals surface area contributed by atoms with Crippen molar-refractivity contribution in [2.24, 2.45) is 5.92 Å². The van der Waals surface area contributed by atoms with Crippen molar-refractivity contribution < 1.29 is 9.72 Å². The normalized spacial score (nSPS) is 15.2. The Morgan fingerprint density at radius 2 is 2.20 bits per heavy atom. The Hall–Kier alpha value is -1.69. The standard InChI is InChI=1S/C13H16ClN3O3/c14-12-11(7-10(8-16-12)17(19)20)13(18)15-6-5-9-3-1-2-4-9/h7-9H,1-6H2,(H,15,18). The zero-order valence-corrected chi connectivity index (χ0v) is 11.7. The van der Waals surface area contributed by atoms with Gasteiger partial charge in [-0.1, -0.05) is 37.3 Å². The molecule has 1 aromatic heterocycles. The molecule has 0 aliphatic heterocycles. The molecule has 108 valence electrons. The third-order valence-electron chi connectivity index (χ3n) is 3.59. The van der Waals surface area contributed by atoms with Gasteiger partial charge in [0.05, 0.1) is 10.5 Å². The van der Waals surface area contributed by atoms with E-state index in [1.807, 2.05) is 0 Å². The van der Waals surface area contributed by atoms with Crippen molar-refractivity contribution in [1.82, 2.24) is 10.3 Å². The summed E-state index contributed by atoms with van der Waals surface area (Å²) in [7, 11) is 0. The molecule has 0 atom stereocenters. The average Bonchev–Trinajstić information content (AvgIpc) is 2.92. The summed E-state index contributed by atoms with van der Waals surface area (Å²) in [6.07, 6.45) is 6.94. The van der Waals surface area contributed by atoms with Crippen molar-refractivity contribution in [3.05, 3.63) is 33.1 Å². The van der Waals surface area contributed by atoms with Crippen LogP contribution in [0.5, 0.6) is 0 Å². The molecule has 1 saturated carbocycles. The average molecular weight is 298 g/mol. The van der Waals surface area contributed by atoms with Gasteiger partial charge in [-0.25, -0.2) is 4.98 Å². The van der Waals surface area contributed by atoms with E-state index in [-0.39, 0.29) is 16.4 Å². The van der Waals surface area contributed by atoms with Gasteiger partial charge in [-0.2, -0.15) is 0 Å². The molecule has 0 saturated heterocycles. The maximum absolute atomic E-state index is 12.0. The number of aromatic nitrogens is 1. The third-order valence-corrected chi connectivity index (χ3v) is 3.89. The Kier molecular flexibility index (Phi) is 4.89. The fraction of sp³-hybridized carbons (Fsp3) is 0.538. The lowest BCUT2D eigenvalue weighted by Crippen LogP contribution is -2.26. The van der Waals surface area contributed by atoms with Crippen LogP contribution in [-0.4, -0.2) is 22.4 Å². The zero-order valence-electron chi connectivity index (χ0n) is 11.0. The summed E-state index contributed by atoms with van der Waals surface area (Å²) in [6, 6.07) is 1.15. The summed E-state index contributed by atoms with van der Waals surface area (Å²) >= 11 is 5.81. The third kappa shape index (κ3) is 3.66. The first-order chi connectivity index (χ1) is 9.58. The molecular weight excluding hydrogens is 282 g/mol. The topological polar surface area (TPSA) is 85.1 Å². The molecule has 20 heavy (non-hydrogen) atoms. The summed E-state index contributed by atoms with van der Waals surface area (Å²) in [5, 5.41) is 13.4. The maximum Gasteiger partial charge on any atom is 0.288 e. The molecule has 1 amide bonds. The van der Waals surface area contributed by atoms with Gasteiger partial charge in [0.25, 0.3) is 11.6 Å². The summed E-state index contributed by atoms with van der Waals surface area (Å²) in [4.78, 5) is 25.7. The molecule has 0 aromatic carbocycles. The van der Waals surface area contributed by atoms with Crippen molar-refractivity contribution in [2.45, 2.75) is 32.1 Å². The molecule has 1 heterocycles. The van der Waals surface area contributed by atoms with E-state index in [1.54, 1.807) is 0 Å². The van der Waals surface area contributed by atoms with Gasteiger partial charge in [0.1, 0.15) is 11.3 Å². The minimum Gasteiger partial charge on any atom is -0.352 e. The molecule has 0 bridgehead atoms. The Balaban J connectivity index is 1.94. The minimum atomic E-state index is -0.599. The number of halogens is 1. The molecule has 2 rings (SSSR count). The zero-order chi connectivity index (χ0) is 14.5. The second-order valence-electron chi connectivity index (χ2n) is 4.98. The highest BCUT2D eigenvalue weighted by Crippen LogP contribution is 2.27. The van der Waals surface area contributed by atoms with Gasteiger partial charge in [0.2, 0.25) is 0 Å². The first-order valence-electron chi connectivity index (χ1n) is 6.66. The number of nitrogens with one attached hydrogen (secondary N) is 1. The quantitative estimate of drug-likeness (QED) is 0.514. The first kappa shape index (κ1) is 14.7. The molecule has 1 aromatic rings. The van der Waals surface area contributed by atoms with Gasteiger partial charge in [0, 0.05) is 12.6 Å². The molecule has 0 spiro atoms. The van der Waals surface area contributed by atoms with Crippen LogP contribution < -0.4 is 5.32 Å². The lowest BCUT2D eigenvalue weighted by molar-refractivity contribution is -0.385. The molecular formula is C13H16ClN3O3. The number of hydrogen-bond acceptors (Lipinski definition) is 4. The van der Waals surface area contributed by atoms with Crippen LogP contribution in [0.15, 0.2) is 12.3 Å². The number of pyridine rings is 1. The van der Waals surface area contributed by atoms with Crippen LogP contribution in [0.2, 0.25) is 5.15 Å². The van der Waals surface area contributed by atoms with Gasteiger partial charge >= 0.3 is 0 Å². The molecule has 1 aliphatic carbocycles. The Morgan fingerprint density at radius 1 is 1.50 bits per heavy atom. The molecule has 6 nitrogen and oxygen atoms in total. The highest BCUT2D eigenvalue weighted by atomic mass is 35.5. The summed E-state index contributed by atoms with van der Waals surface area (Å²) in [5.41, 5.74) is -0.192. The first-order valence-corrected chi connectivity index (χ1v) is 7.04. The maximum atomic E-state index is 12.0. The second-order valence-corrected chi connectivity index (χ2v) is 5.34. The fourth-order valence-electron chi connectivity index (χ4n) is 2.48. The monoisotopic (exact) mass is 297 g/mol. The number of carbonyl (C=O) groups is 1. The molecule has 1 fully saturated rings. The van der Waals surface area contributed by atoms with E-state index >= 15 is 0 Å². The van der Waals surface area contributed by atoms with E-state index in [1.165, 1.54) is 25.7 Å². The largest absolute Gasteiger partial charge is 0.352 e. The molecule has 7 heteroatoms. The van der Waals surface area contributed by atoms with E-state index in [0.29, 0.717) is 12.5 Å². The lowest BCUT2D eigenvalue weighted by Gasteiger charge is -2.10. The van der Waals surface area contributed by atoms with Crippen LogP contribution in [0.1, 0.15) is 42.5 Å². The van der Waals surface area contributed by atoms with Crippen LogP contribution in [0.25, 0.3) is 0 Å². The van der Waals surface area contributed by atoms with Gasteiger partial charge in [-0.05, 0) is 12.3 Å². The van der Waals surface area contributed by atoms with Crippen LogP contribution in [-0.2, 0) is 0 Å². The SMILES string of the molecule is O=C(NCCC1CCCC1)c1cc([N+](=O)[O-])cnc1Cl. The number of hydrogen-bond donors (Lipinski definition) is 1. The van der Waals surface area contributed by atoms with Crippen LogP contribution in [0, 0.1) is 16.0 Å². The van der Waals surface area contributed by atoms with Gasteiger partial charge in [-0.15, -0.1) is 0 Å². The summed E-state index contributed by atoms with van der Waals surface area (Å²) in [5.74, 6) is 0.262. The Bertz CT molecular complexity index is 516. The molecule has 0 unspecified atom stereocenters. The predicted molar refractivity (Wildman–Crippen MR) is 74.8 cm³/mol. The van der Waals surface area contributed by atoms with E-state index in [0.717, 1.165) is 18.7 Å². The Labute approximate surface area is 121 Å². The Morgan fingerprint density at radius 3 is 2.85 bits per heavy atom. The predicted octanol–water partition coefficient (Wildman–Crippen LogP) is 2.95. The number of amides is 1. The minimum absolute atomic E-state index is 0.0195. The van der Waals surface area contributed by atoms with Crippen molar-refractivity contribution in [3.8, 4) is 0 Å². The van der Waals surface area contributed by atoms with E-state index < -0.39 is 10.8 Å². The van der Waals surface area contributed by atoms with Crippen molar-refractivity contribution >= 4 is 23.2 Å². The highest BCUT2D eigenvalue weighted by Gasteiger charge is 2.18. The van der Waals surface area contributed by atoms with Crippen LogP contribution in [0.3, 0.4) is 0 Å². The number of nitro groups is 1. The number of rotatable bonds is 5. The van der Waals surface area contributed by atoms with Crippen molar-refractivity contribution in [2.75, 3.05) is 6.54 Å². The molecule has 0 radical (unpaired) electrons. The smallest absolute Gasteiger partial charge is 0.288 e. The second kappa shape index (κ2) is 6.65. The van der Waals surface area contributed by atoms with E-state index in [4.69, 9.17) is 11.6 Å². The summed E-state index contributed by atoms with van der Waals surface area (Å²) < 4.78 is 0. The molecule has 1 N–H and O–H groups in total. The molecule has 1 aliphatic rings. The number of nitrogens with zero attached hydrogens (tertiary/aromatic N) is 2. The summed E-state index contributed by atoms with van der Waals surface area (Å²) in [6.45, 7) is 0.558. The lowest BCUT2D eigenvalue weighted by atomic mass is 10.0. The van der Waals surface area contributed by atoms with E-state index in [2.05, 4.69) is 10.3 Å². The van der Waals surface area contributed by atoms with E-state index in [9.17, 15) is 14.9 Å². The van der Waals surface area contributed by atoms with Crippen LogP contribution >= 0.6 is 11.6 Å². The van der Waals surface area contributed by atoms with Crippen molar-refractivity contribution in [1.29, 1.82) is 0 Å². The highest BCUT2D eigenvalue weighted by molar-refractivity contribution is 6.32. The van der Waals surface area contributed by atoms with Gasteiger partial charge in [0.15, 0.2) is 0 Å². The fourth-order valence-corrected chi connectivity index (χ4v) is 2.67. The number of carbonyl (C=O) groups excluding carboxylic acids is 1.